The first-order valence-corrected chi connectivity index (χ1v) is 10.5. The molecule has 1 fully saturated rings. The molecule has 1 unspecified atom stereocenters. The van der Waals surface area contributed by atoms with Crippen LogP contribution in [0.25, 0.3) is 0 Å². The molecule has 0 saturated carbocycles. The van der Waals surface area contributed by atoms with E-state index >= 15 is 0 Å². The van der Waals surface area contributed by atoms with Gasteiger partial charge < -0.3 is 20.3 Å². The van der Waals surface area contributed by atoms with E-state index in [1.807, 2.05) is 20.2 Å². The smallest absolute Gasteiger partial charge is 0.193 e. The third-order valence-corrected chi connectivity index (χ3v) is 5.53. The van der Waals surface area contributed by atoms with E-state index in [4.69, 9.17) is 9.73 Å². The molecule has 0 radical (unpaired) electrons. The van der Waals surface area contributed by atoms with Gasteiger partial charge in [-0.05, 0) is 30.9 Å². The number of benzene rings is 2. The molecule has 1 heterocycles. The van der Waals surface area contributed by atoms with Crippen LogP contribution in [0.2, 0.25) is 0 Å². The maximum absolute atomic E-state index is 5.66. The van der Waals surface area contributed by atoms with Gasteiger partial charge in [-0.15, -0.1) is 24.0 Å². The molecule has 0 spiro atoms. The van der Waals surface area contributed by atoms with Crippen LogP contribution in [-0.2, 0) is 11.3 Å². The van der Waals surface area contributed by atoms with Crippen molar-refractivity contribution in [3.05, 3.63) is 71.8 Å². The highest BCUT2D eigenvalue weighted by Gasteiger charge is 2.34. The minimum Gasteiger partial charge on any atom is -0.381 e. The lowest BCUT2D eigenvalue weighted by atomic mass is 9.88. The summed E-state index contributed by atoms with van der Waals surface area (Å²) in [6, 6.07) is 21.3. The first-order valence-electron chi connectivity index (χ1n) is 10.5. The van der Waals surface area contributed by atoms with Gasteiger partial charge in [0.15, 0.2) is 5.96 Å². The number of ether oxygens (including phenoxy) is 1. The van der Waals surface area contributed by atoms with Crippen molar-refractivity contribution in [3.63, 3.8) is 0 Å². The normalized spacial score (nSPS) is 17.0. The van der Waals surface area contributed by atoms with Crippen molar-refractivity contribution >= 4 is 29.9 Å². The zero-order valence-electron chi connectivity index (χ0n) is 18.3. The number of halogens is 1. The minimum absolute atomic E-state index is 0. The maximum atomic E-state index is 5.66. The van der Waals surface area contributed by atoms with Gasteiger partial charge >= 0.3 is 0 Å². The van der Waals surface area contributed by atoms with E-state index in [0.717, 1.165) is 38.6 Å². The topological polar surface area (TPSA) is 48.9 Å². The highest BCUT2D eigenvalue weighted by molar-refractivity contribution is 14.0. The second-order valence-electron chi connectivity index (χ2n) is 8.04. The molecular formula is C24H35IN4O. The van der Waals surface area contributed by atoms with E-state index in [1.54, 1.807) is 0 Å². The maximum Gasteiger partial charge on any atom is 0.193 e. The van der Waals surface area contributed by atoms with Crippen LogP contribution >= 0.6 is 24.0 Å². The molecule has 0 aromatic heterocycles. The van der Waals surface area contributed by atoms with Gasteiger partial charge in [0.1, 0.15) is 0 Å². The summed E-state index contributed by atoms with van der Waals surface area (Å²) in [5.74, 6) is 0.911. The third kappa shape index (κ3) is 7.25. The first kappa shape index (κ1) is 24.6. The Morgan fingerprint density at radius 3 is 2.23 bits per heavy atom. The predicted octanol–water partition coefficient (Wildman–Crippen LogP) is 4.21. The van der Waals surface area contributed by atoms with Gasteiger partial charge in [0.05, 0.1) is 6.54 Å². The van der Waals surface area contributed by atoms with Crippen LogP contribution in [-0.4, -0.2) is 50.3 Å². The zero-order chi connectivity index (χ0) is 20.5. The molecule has 5 nitrogen and oxygen atoms in total. The Hall–Kier alpha value is -1.64. The average Bonchev–Trinajstić information content (AvgIpc) is 2.75. The number of hydrogen-bond acceptors (Lipinski definition) is 3. The van der Waals surface area contributed by atoms with E-state index < -0.39 is 0 Å². The molecule has 0 aliphatic carbocycles. The Balaban J connectivity index is 0.00000320. The van der Waals surface area contributed by atoms with Gasteiger partial charge in [-0.1, -0.05) is 60.7 Å². The Kier molecular flexibility index (Phi) is 10.1. The van der Waals surface area contributed by atoms with Gasteiger partial charge in [0.2, 0.25) is 0 Å². The lowest BCUT2D eigenvalue weighted by Gasteiger charge is -2.41. The van der Waals surface area contributed by atoms with Gasteiger partial charge in [0.25, 0.3) is 0 Å². The standard InChI is InChI=1S/C24H34N4O.HI/c1-20(22-12-8-5-9-13-22)27-24(14-16-29-17-15-24)19-26-23(28(2)3)25-18-21-10-6-4-7-11-21;/h4-13,20,27H,14-19H2,1-3H3,(H,25,26);1H. The van der Waals surface area contributed by atoms with Crippen molar-refractivity contribution in [1.82, 2.24) is 15.5 Å². The predicted molar refractivity (Wildman–Crippen MR) is 135 cm³/mol. The molecule has 0 bridgehead atoms. The van der Waals surface area contributed by atoms with Gasteiger partial charge in [-0.2, -0.15) is 0 Å². The van der Waals surface area contributed by atoms with Gasteiger partial charge in [-0.25, -0.2) is 4.99 Å². The SMILES string of the molecule is CC(NC1(CNC(=NCc2ccccc2)N(C)C)CCOCC1)c1ccccc1.I. The zero-order valence-corrected chi connectivity index (χ0v) is 20.6. The summed E-state index contributed by atoms with van der Waals surface area (Å²) in [6.07, 6.45) is 1.97. The largest absolute Gasteiger partial charge is 0.381 e. The van der Waals surface area contributed by atoms with Crippen molar-refractivity contribution in [2.45, 2.75) is 37.9 Å². The molecular weight excluding hydrogens is 487 g/mol. The van der Waals surface area contributed by atoms with Crippen LogP contribution in [0.5, 0.6) is 0 Å². The van der Waals surface area contributed by atoms with Gasteiger partial charge in [0, 0.05) is 45.4 Å². The summed E-state index contributed by atoms with van der Waals surface area (Å²) in [5, 5.41) is 7.52. The molecule has 1 saturated heterocycles. The first-order chi connectivity index (χ1) is 14.1. The molecule has 1 atom stereocenters. The number of rotatable bonds is 7. The van der Waals surface area contributed by atoms with E-state index in [-0.39, 0.29) is 35.6 Å². The van der Waals surface area contributed by atoms with Crippen molar-refractivity contribution in [2.24, 2.45) is 4.99 Å². The highest BCUT2D eigenvalue weighted by Crippen LogP contribution is 2.25. The molecule has 2 aromatic carbocycles. The molecule has 2 N–H and O–H groups in total. The number of guanidine groups is 1. The summed E-state index contributed by atoms with van der Waals surface area (Å²) in [4.78, 5) is 6.87. The fourth-order valence-corrected chi connectivity index (χ4v) is 3.77. The number of nitrogens with zero attached hydrogens (tertiary/aromatic N) is 2. The number of hydrogen-bond donors (Lipinski definition) is 2. The fraction of sp³-hybridized carbons (Fsp3) is 0.458. The molecule has 2 aromatic rings. The summed E-state index contributed by atoms with van der Waals surface area (Å²) < 4.78 is 5.66. The summed E-state index contributed by atoms with van der Waals surface area (Å²) >= 11 is 0. The van der Waals surface area contributed by atoms with Gasteiger partial charge in [-0.3, -0.25) is 0 Å². The summed E-state index contributed by atoms with van der Waals surface area (Å²) in [6.45, 7) is 5.30. The van der Waals surface area contributed by atoms with Crippen molar-refractivity contribution in [3.8, 4) is 0 Å². The Morgan fingerprint density at radius 1 is 1.03 bits per heavy atom. The highest BCUT2D eigenvalue weighted by atomic mass is 127. The quantitative estimate of drug-likeness (QED) is 0.325. The monoisotopic (exact) mass is 522 g/mol. The molecule has 0 amide bonds. The molecule has 30 heavy (non-hydrogen) atoms. The third-order valence-electron chi connectivity index (χ3n) is 5.53. The van der Waals surface area contributed by atoms with Crippen LogP contribution in [0.1, 0.15) is 36.9 Å². The Morgan fingerprint density at radius 2 is 1.63 bits per heavy atom. The summed E-state index contributed by atoms with van der Waals surface area (Å²) in [7, 11) is 4.07. The van der Waals surface area contributed by atoms with Crippen LogP contribution in [0.3, 0.4) is 0 Å². The van der Waals surface area contributed by atoms with Crippen molar-refractivity contribution in [1.29, 1.82) is 0 Å². The van der Waals surface area contributed by atoms with Crippen LogP contribution < -0.4 is 10.6 Å². The lowest BCUT2D eigenvalue weighted by Crippen LogP contribution is -2.58. The van der Waals surface area contributed by atoms with E-state index in [1.165, 1.54) is 11.1 Å². The average molecular weight is 522 g/mol. The number of nitrogens with one attached hydrogen (secondary N) is 2. The van der Waals surface area contributed by atoms with Crippen molar-refractivity contribution < 1.29 is 4.74 Å². The van der Waals surface area contributed by atoms with E-state index in [0.29, 0.717) is 6.54 Å². The van der Waals surface area contributed by atoms with Crippen LogP contribution in [0, 0.1) is 0 Å². The Bertz CT molecular complexity index is 761. The van der Waals surface area contributed by atoms with Crippen LogP contribution in [0.15, 0.2) is 65.7 Å². The van der Waals surface area contributed by atoms with Crippen molar-refractivity contribution in [2.75, 3.05) is 33.9 Å². The van der Waals surface area contributed by atoms with E-state index in [9.17, 15) is 0 Å². The molecule has 6 heteroatoms. The number of aliphatic imine (C=N–C) groups is 1. The Labute approximate surface area is 198 Å². The lowest BCUT2D eigenvalue weighted by molar-refractivity contribution is 0.0353. The second-order valence-corrected chi connectivity index (χ2v) is 8.04. The summed E-state index contributed by atoms with van der Waals surface area (Å²) in [5.41, 5.74) is 2.51. The van der Waals surface area contributed by atoms with E-state index in [2.05, 4.69) is 77.1 Å². The van der Waals surface area contributed by atoms with Crippen LogP contribution in [0.4, 0.5) is 0 Å². The minimum atomic E-state index is -0.0168. The molecule has 1 aliphatic heterocycles. The molecule has 3 rings (SSSR count). The fourth-order valence-electron chi connectivity index (χ4n) is 3.77. The molecule has 1 aliphatic rings. The second kappa shape index (κ2) is 12.3. The molecule has 164 valence electrons.